The lowest BCUT2D eigenvalue weighted by Gasteiger charge is -2.33. The highest BCUT2D eigenvalue weighted by molar-refractivity contribution is 7.80. The molecule has 0 bridgehead atoms. The third-order valence-electron chi connectivity index (χ3n) is 3.58. The number of nitrogens with one attached hydrogen (secondary N) is 1. The Bertz CT molecular complexity index is 473. The molecule has 1 aromatic rings. The monoisotopic (exact) mass is 283 g/mol. The maximum atomic E-state index is 13.1. The van der Waals surface area contributed by atoms with Crippen LogP contribution in [0.1, 0.15) is 30.1 Å². The summed E-state index contributed by atoms with van der Waals surface area (Å²) in [5.41, 5.74) is 0.514. The van der Waals surface area contributed by atoms with E-state index in [1.54, 1.807) is 0 Å². The van der Waals surface area contributed by atoms with Crippen molar-refractivity contribution in [2.75, 3.05) is 19.8 Å². The van der Waals surface area contributed by atoms with E-state index in [2.05, 4.69) is 24.9 Å². The van der Waals surface area contributed by atoms with Crippen LogP contribution in [0.3, 0.4) is 0 Å². The van der Waals surface area contributed by atoms with Crippen molar-refractivity contribution in [2.24, 2.45) is 5.41 Å². The van der Waals surface area contributed by atoms with Crippen molar-refractivity contribution in [2.45, 2.75) is 24.7 Å². The van der Waals surface area contributed by atoms with E-state index >= 15 is 0 Å². The van der Waals surface area contributed by atoms with Gasteiger partial charge in [-0.1, -0.05) is 6.92 Å². The lowest BCUT2D eigenvalue weighted by molar-refractivity contribution is 0.0238. The molecule has 1 aliphatic rings. The molecule has 1 fully saturated rings. The molecule has 19 heavy (non-hydrogen) atoms. The summed E-state index contributed by atoms with van der Waals surface area (Å²) >= 11 is 3.98. The molecule has 0 aromatic heterocycles. The summed E-state index contributed by atoms with van der Waals surface area (Å²) in [4.78, 5) is 12.2. The predicted molar refractivity (Wildman–Crippen MR) is 74.1 cm³/mol. The maximum absolute atomic E-state index is 13.1. The Morgan fingerprint density at radius 3 is 2.79 bits per heavy atom. The molecule has 0 saturated carbocycles. The van der Waals surface area contributed by atoms with Crippen LogP contribution in [0.15, 0.2) is 23.1 Å². The zero-order valence-corrected chi connectivity index (χ0v) is 11.8. The summed E-state index contributed by atoms with van der Waals surface area (Å²) in [5, 5.41) is 2.90. The second-order valence-electron chi connectivity index (χ2n) is 5.27. The van der Waals surface area contributed by atoms with Gasteiger partial charge in [-0.25, -0.2) is 4.39 Å². The van der Waals surface area contributed by atoms with Crippen molar-refractivity contribution >= 4 is 18.5 Å². The minimum atomic E-state index is -0.420. The van der Waals surface area contributed by atoms with Gasteiger partial charge in [0.2, 0.25) is 0 Å². The van der Waals surface area contributed by atoms with Gasteiger partial charge in [0.15, 0.2) is 0 Å². The Morgan fingerprint density at radius 1 is 1.47 bits per heavy atom. The molecule has 1 aromatic carbocycles. The number of carbonyl (C=O) groups excluding carboxylic acids is 1. The molecule has 0 spiro atoms. The Labute approximate surface area is 117 Å². The minimum absolute atomic E-state index is 0.0811. The number of halogens is 1. The topological polar surface area (TPSA) is 38.3 Å². The number of rotatable bonds is 3. The lowest BCUT2D eigenvalue weighted by atomic mass is 9.82. The first-order valence-electron chi connectivity index (χ1n) is 6.35. The van der Waals surface area contributed by atoms with Gasteiger partial charge in [-0.15, -0.1) is 12.6 Å². The molecule has 5 heteroatoms. The number of benzene rings is 1. The first-order valence-corrected chi connectivity index (χ1v) is 6.79. The minimum Gasteiger partial charge on any atom is -0.381 e. The summed E-state index contributed by atoms with van der Waals surface area (Å²) in [6.45, 7) is 4.23. The molecule has 1 aliphatic heterocycles. The molecule has 0 aliphatic carbocycles. The van der Waals surface area contributed by atoms with Crippen LogP contribution in [-0.2, 0) is 4.74 Å². The predicted octanol–water partition coefficient (Wildman–Crippen LogP) is 2.66. The Kier molecular flexibility index (Phi) is 4.47. The van der Waals surface area contributed by atoms with Gasteiger partial charge in [0.05, 0.1) is 0 Å². The van der Waals surface area contributed by atoms with Crippen LogP contribution >= 0.6 is 12.6 Å². The second-order valence-corrected chi connectivity index (χ2v) is 5.75. The van der Waals surface area contributed by atoms with Gasteiger partial charge in [0.25, 0.3) is 5.91 Å². The number of carbonyl (C=O) groups is 1. The van der Waals surface area contributed by atoms with Crippen LogP contribution in [0, 0.1) is 11.2 Å². The van der Waals surface area contributed by atoms with Crippen LogP contribution in [0.5, 0.6) is 0 Å². The van der Waals surface area contributed by atoms with Gasteiger partial charge in [0.1, 0.15) is 5.82 Å². The fraction of sp³-hybridized carbons (Fsp3) is 0.500. The number of hydrogen-bond donors (Lipinski definition) is 2. The number of hydrogen-bond acceptors (Lipinski definition) is 3. The highest BCUT2D eigenvalue weighted by Crippen LogP contribution is 2.28. The van der Waals surface area contributed by atoms with Gasteiger partial charge in [-0.05, 0) is 36.5 Å². The summed E-state index contributed by atoms with van der Waals surface area (Å²) in [6.07, 6.45) is 1.88. The third-order valence-corrected chi connectivity index (χ3v) is 3.93. The molecule has 2 rings (SSSR count). The van der Waals surface area contributed by atoms with Gasteiger partial charge >= 0.3 is 0 Å². The lowest BCUT2D eigenvalue weighted by Crippen LogP contribution is -2.39. The van der Waals surface area contributed by atoms with E-state index in [9.17, 15) is 9.18 Å². The highest BCUT2D eigenvalue weighted by Gasteiger charge is 2.27. The van der Waals surface area contributed by atoms with E-state index in [0.717, 1.165) is 26.1 Å². The van der Waals surface area contributed by atoms with Crippen molar-refractivity contribution in [1.82, 2.24) is 5.32 Å². The Morgan fingerprint density at radius 2 is 2.16 bits per heavy atom. The number of ether oxygens (including phenoxy) is 1. The SMILES string of the molecule is CC1(CNC(=O)c2ccc(F)c(S)c2)CCOCC1. The summed E-state index contributed by atoms with van der Waals surface area (Å²) < 4.78 is 18.4. The van der Waals surface area contributed by atoms with E-state index in [4.69, 9.17) is 4.74 Å². The molecule has 0 unspecified atom stereocenters. The largest absolute Gasteiger partial charge is 0.381 e. The second kappa shape index (κ2) is 5.92. The molecular formula is C14H18FNO2S. The van der Waals surface area contributed by atoms with Crippen LogP contribution in [0.2, 0.25) is 0 Å². The molecule has 3 nitrogen and oxygen atoms in total. The number of thiol groups is 1. The average Bonchev–Trinajstić information content (AvgIpc) is 2.40. The van der Waals surface area contributed by atoms with E-state index in [1.807, 2.05) is 0 Å². The van der Waals surface area contributed by atoms with Crippen LogP contribution in [0.25, 0.3) is 0 Å². The maximum Gasteiger partial charge on any atom is 0.251 e. The summed E-state index contributed by atoms with van der Waals surface area (Å²) in [5.74, 6) is -0.612. The fourth-order valence-electron chi connectivity index (χ4n) is 2.09. The highest BCUT2D eigenvalue weighted by atomic mass is 32.1. The van der Waals surface area contributed by atoms with E-state index < -0.39 is 5.82 Å². The molecule has 104 valence electrons. The van der Waals surface area contributed by atoms with Gasteiger partial charge in [0, 0.05) is 30.2 Å². The van der Waals surface area contributed by atoms with Gasteiger partial charge in [-0.2, -0.15) is 0 Å². The third kappa shape index (κ3) is 3.70. The number of amides is 1. The van der Waals surface area contributed by atoms with Crippen LogP contribution in [0.4, 0.5) is 4.39 Å². The molecule has 0 radical (unpaired) electrons. The van der Waals surface area contributed by atoms with E-state index in [-0.39, 0.29) is 16.2 Å². The van der Waals surface area contributed by atoms with Gasteiger partial charge < -0.3 is 10.1 Å². The quantitative estimate of drug-likeness (QED) is 0.837. The average molecular weight is 283 g/mol. The van der Waals surface area contributed by atoms with Gasteiger partial charge in [-0.3, -0.25) is 4.79 Å². The normalized spacial score (nSPS) is 18.1. The smallest absolute Gasteiger partial charge is 0.251 e. The summed E-state index contributed by atoms with van der Waals surface area (Å²) in [7, 11) is 0. The standard InChI is InChI=1S/C14H18FNO2S/c1-14(4-6-18-7-5-14)9-16-13(17)10-2-3-11(15)12(19)8-10/h2-3,8,19H,4-7,9H2,1H3,(H,16,17). The van der Waals surface area contributed by atoms with Crippen LogP contribution in [-0.4, -0.2) is 25.7 Å². The van der Waals surface area contributed by atoms with Crippen molar-refractivity contribution < 1.29 is 13.9 Å². The molecule has 1 N–H and O–H groups in total. The molecule has 0 atom stereocenters. The molecular weight excluding hydrogens is 265 g/mol. The summed E-state index contributed by atoms with van der Waals surface area (Å²) in [6, 6.07) is 4.17. The Balaban J connectivity index is 1.95. The van der Waals surface area contributed by atoms with Crippen molar-refractivity contribution in [1.29, 1.82) is 0 Å². The van der Waals surface area contributed by atoms with Crippen LogP contribution < -0.4 is 5.32 Å². The van der Waals surface area contributed by atoms with Crippen molar-refractivity contribution in [3.8, 4) is 0 Å². The fourth-order valence-corrected chi connectivity index (χ4v) is 2.30. The van der Waals surface area contributed by atoms with E-state index in [1.165, 1.54) is 18.2 Å². The zero-order chi connectivity index (χ0) is 13.9. The molecule has 1 heterocycles. The van der Waals surface area contributed by atoms with E-state index in [0.29, 0.717) is 12.1 Å². The first-order chi connectivity index (χ1) is 9.00. The van der Waals surface area contributed by atoms with Crippen molar-refractivity contribution in [3.63, 3.8) is 0 Å². The first kappa shape index (κ1) is 14.3. The zero-order valence-electron chi connectivity index (χ0n) is 10.9. The Hall–Kier alpha value is -1.07. The molecule has 1 saturated heterocycles. The van der Waals surface area contributed by atoms with Crippen molar-refractivity contribution in [3.05, 3.63) is 29.6 Å². The molecule has 1 amide bonds.